The molecule has 0 radical (unpaired) electrons. The summed E-state index contributed by atoms with van der Waals surface area (Å²) in [5, 5.41) is 4.67. The van der Waals surface area contributed by atoms with Crippen molar-refractivity contribution in [1.82, 2.24) is 25.2 Å². The Bertz CT molecular complexity index is 1110. The van der Waals surface area contributed by atoms with E-state index in [2.05, 4.69) is 20.6 Å². The normalized spacial score (nSPS) is 11.8. The number of carbonyl (C=O) groups excluding carboxylic acids is 2. The summed E-state index contributed by atoms with van der Waals surface area (Å²) in [6.45, 7) is 3.54. The lowest BCUT2D eigenvalue weighted by atomic mass is 10.2. The molecule has 0 aliphatic rings. The molecule has 144 valence electrons. The predicted octanol–water partition coefficient (Wildman–Crippen LogP) is 2.03. The van der Waals surface area contributed by atoms with Crippen molar-refractivity contribution >= 4 is 34.6 Å². The van der Waals surface area contributed by atoms with Crippen molar-refractivity contribution in [1.29, 1.82) is 0 Å². The van der Waals surface area contributed by atoms with Crippen LogP contribution in [0.4, 0.5) is 4.79 Å². The number of thioether (sulfide) groups is 1. The molecule has 3 amide bonds. The molecule has 0 saturated carbocycles. The number of aryl methyl sites for hydroxylation is 1. The number of hydrogen-bond donors (Lipinski definition) is 2. The standard InChI is InChI=1S/C19H19N5O3S/c1-11-8-9-21-15(10-11)24-17(26)13-6-4-5-7-14(13)22-19(24)28-12(2)16(25)23-18(27)20-3/h4-10,12H,1-3H3,(H2,20,23,25,27)/t12-/m1/s1. The van der Waals surface area contributed by atoms with Crippen LogP contribution < -0.4 is 16.2 Å². The third-order valence-corrected chi connectivity index (χ3v) is 5.04. The Hall–Kier alpha value is -3.20. The monoisotopic (exact) mass is 397 g/mol. The Labute approximate surface area is 165 Å². The molecule has 0 bridgehead atoms. The Morgan fingerprint density at radius 3 is 2.68 bits per heavy atom. The molecule has 0 unspecified atom stereocenters. The number of nitrogens with one attached hydrogen (secondary N) is 2. The van der Waals surface area contributed by atoms with Crippen molar-refractivity contribution in [3.63, 3.8) is 0 Å². The maximum Gasteiger partial charge on any atom is 0.321 e. The summed E-state index contributed by atoms with van der Waals surface area (Å²) in [5.74, 6) is -0.0693. The first-order chi connectivity index (χ1) is 13.4. The molecule has 28 heavy (non-hydrogen) atoms. The number of urea groups is 1. The second-order valence-electron chi connectivity index (χ2n) is 6.07. The molecule has 0 aliphatic carbocycles. The highest BCUT2D eigenvalue weighted by Gasteiger charge is 2.21. The maximum atomic E-state index is 13.1. The van der Waals surface area contributed by atoms with Gasteiger partial charge in [0.25, 0.3) is 5.56 Å². The average molecular weight is 397 g/mol. The summed E-state index contributed by atoms with van der Waals surface area (Å²) in [6, 6.07) is 10.0. The van der Waals surface area contributed by atoms with Gasteiger partial charge in [-0.15, -0.1) is 0 Å². The predicted molar refractivity (Wildman–Crippen MR) is 108 cm³/mol. The number of benzene rings is 1. The van der Waals surface area contributed by atoms with E-state index < -0.39 is 17.2 Å². The molecule has 2 heterocycles. The van der Waals surface area contributed by atoms with E-state index >= 15 is 0 Å². The number of rotatable bonds is 4. The zero-order valence-electron chi connectivity index (χ0n) is 15.6. The van der Waals surface area contributed by atoms with Gasteiger partial charge in [-0.25, -0.2) is 19.3 Å². The van der Waals surface area contributed by atoms with Gasteiger partial charge >= 0.3 is 6.03 Å². The highest BCUT2D eigenvalue weighted by molar-refractivity contribution is 8.00. The summed E-state index contributed by atoms with van der Waals surface area (Å²) in [4.78, 5) is 45.7. The lowest BCUT2D eigenvalue weighted by molar-refractivity contribution is -0.119. The molecule has 2 aromatic heterocycles. The fourth-order valence-corrected chi connectivity index (χ4v) is 3.44. The van der Waals surface area contributed by atoms with Crippen LogP contribution in [0.25, 0.3) is 16.7 Å². The molecule has 9 heteroatoms. The van der Waals surface area contributed by atoms with Gasteiger partial charge in [0.05, 0.1) is 16.2 Å². The third-order valence-electron chi connectivity index (χ3n) is 3.99. The molecule has 1 atom stereocenters. The van der Waals surface area contributed by atoms with Gasteiger partial charge in [-0.2, -0.15) is 0 Å². The first-order valence-electron chi connectivity index (χ1n) is 8.54. The molecular formula is C19H19N5O3S. The van der Waals surface area contributed by atoms with Crippen molar-refractivity contribution in [2.75, 3.05) is 7.05 Å². The van der Waals surface area contributed by atoms with Crippen LogP contribution in [0, 0.1) is 6.92 Å². The van der Waals surface area contributed by atoms with Crippen molar-refractivity contribution in [2.24, 2.45) is 0 Å². The molecule has 0 spiro atoms. The van der Waals surface area contributed by atoms with Crippen molar-refractivity contribution in [3.05, 3.63) is 58.5 Å². The Kier molecular flexibility index (Phi) is 5.74. The summed E-state index contributed by atoms with van der Waals surface area (Å²) >= 11 is 1.08. The number of hydrogen-bond acceptors (Lipinski definition) is 6. The van der Waals surface area contributed by atoms with Gasteiger partial charge in [-0.05, 0) is 43.7 Å². The van der Waals surface area contributed by atoms with E-state index in [1.807, 2.05) is 13.0 Å². The zero-order valence-corrected chi connectivity index (χ0v) is 16.4. The van der Waals surface area contributed by atoms with Crippen LogP contribution in [0.1, 0.15) is 12.5 Å². The molecule has 1 aromatic carbocycles. The number of carbonyl (C=O) groups is 2. The second kappa shape index (κ2) is 8.22. The highest BCUT2D eigenvalue weighted by Crippen LogP contribution is 2.24. The Morgan fingerprint density at radius 2 is 1.96 bits per heavy atom. The van der Waals surface area contributed by atoms with Crippen molar-refractivity contribution < 1.29 is 9.59 Å². The van der Waals surface area contributed by atoms with Crippen molar-refractivity contribution in [3.8, 4) is 5.82 Å². The molecule has 8 nitrogen and oxygen atoms in total. The van der Waals surface area contributed by atoms with Crippen LogP contribution in [0.2, 0.25) is 0 Å². The summed E-state index contributed by atoms with van der Waals surface area (Å²) < 4.78 is 1.39. The van der Waals surface area contributed by atoms with E-state index in [1.54, 1.807) is 43.5 Å². The topological polar surface area (TPSA) is 106 Å². The first-order valence-corrected chi connectivity index (χ1v) is 9.42. The van der Waals surface area contributed by atoms with Gasteiger partial charge in [0.2, 0.25) is 5.91 Å². The van der Waals surface area contributed by atoms with Crippen molar-refractivity contribution in [2.45, 2.75) is 24.3 Å². The molecule has 0 fully saturated rings. The number of pyridine rings is 1. The molecule has 0 aliphatic heterocycles. The van der Waals surface area contributed by atoms with E-state index in [-0.39, 0.29) is 5.56 Å². The number of imide groups is 1. The molecule has 2 N–H and O–H groups in total. The fraction of sp³-hybridized carbons (Fsp3) is 0.211. The highest BCUT2D eigenvalue weighted by atomic mass is 32.2. The van der Waals surface area contributed by atoms with E-state index in [0.29, 0.717) is 21.9 Å². The minimum Gasteiger partial charge on any atom is -0.341 e. The Balaban J connectivity index is 2.10. The minimum atomic E-state index is -0.665. The summed E-state index contributed by atoms with van der Waals surface area (Å²) in [6.07, 6.45) is 1.61. The number of aromatic nitrogens is 3. The van der Waals surface area contributed by atoms with Crippen LogP contribution >= 0.6 is 11.8 Å². The SMILES string of the molecule is CNC(=O)NC(=O)[C@@H](C)Sc1nc2ccccc2c(=O)n1-c1cc(C)ccn1. The Morgan fingerprint density at radius 1 is 1.21 bits per heavy atom. The van der Waals surface area contributed by atoms with E-state index in [4.69, 9.17) is 0 Å². The van der Waals surface area contributed by atoms with E-state index in [1.165, 1.54) is 11.6 Å². The van der Waals surface area contributed by atoms with Gasteiger partial charge < -0.3 is 5.32 Å². The zero-order chi connectivity index (χ0) is 20.3. The first kappa shape index (κ1) is 19.6. The van der Waals surface area contributed by atoms with Gasteiger partial charge in [-0.1, -0.05) is 23.9 Å². The molecule has 3 aromatic rings. The fourth-order valence-electron chi connectivity index (χ4n) is 2.52. The molecular weight excluding hydrogens is 378 g/mol. The number of para-hydroxylation sites is 1. The third kappa shape index (κ3) is 4.04. The van der Waals surface area contributed by atoms with Crippen LogP contribution in [0.5, 0.6) is 0 Å². The maximum absolute atomic E-state index is 13.1. The lowest BCUT2D eigenvalue weighted by Crippen LogP contribution is -2.41. The minimum absolute atomic E-state index is 0.273. The molecule has 0 saturated heterocycles. The van der Waals surface area contributed by atoms with Gasteiger partial charge in [0, 0.05) is 13.2 Å². The van der Waals surface area contributed by atoms with Gasteiger partial charge in [-0.3, -0.25) is 14.9 Å². The van der Waals surface area contributed by atoms with Crippen LogP contribution in [0.15, 0.2) is 52.5 Å². The number of fused-ring (bicyclic) bond motifs is 1. The van der Waals surface area contributed by atoms with Crippen LogP contribution in [-0.2, 0) is 4.79 Å². The van der Waals surface area contributed by atoms with E-state index in [9.17, 15) is 14.4 Å². The average Bonchev–Trinajstić information content (AvgIpc) is 2.68. The second-order valence-corrected chi connectivity index (χ2v) is 7.38. The number of nitrogens with zero attached hydrogens (tertiary/aromatic N) is 3. The van der Waals surface area contributed by atoms with Crippen LogP contribution in [-0.4, -0.2) is 38.8 Å². The summed E-state index contributed by atoms with van der Waals surface area (Å²) in [5.41, 5.74) is 1.19. The van der Waals surface area contributed by atoms with Crippen LogP contribution in [0.3, 0.4) is 0 Å². The van der Waals surface area contributed by atoms with E-state index in [0.717, 1.165) is 17.3 Å². The smallest absolute Gasteiger partial charge is 0.321 e. The molecule has 3 rings (SSSR count). The lowest BCUT2D eigenvalue weighted by Gasteiger charge is -2.15. The largest absolute Gasteiger partial charge is 0.341 e. The quantitative estimate of drug-likeness (QED) is 0.515. The summed E-state index contributed by atoms with van der Waals surface area (Å²) in [7, 11) is 1.42. The number of amides is 3. The van der Waals surface area contributed by atoms with Gasteiger partial charge in [0.15, 0.2) is 5.16 Å². The van der Waals surface area contributed by atoms with Gasteiger partial charge in [0.1, 0.15) is 5.82 Å².